The van der Waals surface area contributed by atoms with Crippen LogP contribution >= 0.6 is 11.3 Å². The van der Waals surface area contributed by atoms with Crippen LogP contribution in [-0.2, 0) is 0 Å². The first-order valence-electron chi connectivity index (χ1n) is 5.80. The highest BCUT2D eigenvalue weighted by Gasteiger charge is 2.14. The fourth-order valence-electron chi connectivity index (χ4n) is 1.84. The molecule has 0 saturated carbocycles. The van der Waals surface area contributed by atoms with E-state index >= 15 is 0 Å². The van der Waals surface area contributed by atoms with Crippen molar-refractivity contribution in [1.82, 2.24) is 0 Å². The van der Waals surface area contributed by atoms with Crippen LogP contribution < -0.4 is 19.5 Å². The van der Waals surface area contributed by atoms with E-state index in [1.54, 1.807) is 32.7 Å². The second-order valence-corrected chi connectivity index (χ2v) is 4.77. The van der Waals surface area contributed by atoms with Crippen molar-refractivity contribution in [3.8, 4) is 27.7 Å². The van der Waals surface area contributed by atoms with Crippen LogP contribution in [0.2, 0.25) is 0 Å². The van der Waals surface area contributed by atoms with E-state index in [-0.39, 0.29) is 0 Å². The fraction of sp³-hybridized carbons (Fsp3) is 0.286. The first-order chi connectivity index (χ1) is 9.23. The van der Waals surface area contributed by atoms with Crippen molar-refractivity contribution in [1.29, 1.82) is 0 Å². The molecule has 1 aromatic carbocycles. The lowest BCUT2D eigenvalue weighted by atomic mass is 10.1. The van der Waals surface area contributed by atoms with E-state index in [0.717, 1.165) is 16.1 Å². The second kappa shape index (κ2) is 5.84. The molecular weight excluding hydrogens is 262 g/mol. The minimum atomic E-state index is 0.610. The predicted octanol–water partition coefficient (Wildman–Crippen LogP) is 3.48. The lowest BCUT2D eigenvalue weighted by Crippen LogP contribution is -1.95. The van der Waals surface area contributed by atoms with Crippen molar-refractivity contribution in [2.75, 3.05) is 33.7 Å². The van der Waals surface area contributed by atoms with Gasteiger partial charge in [-0.3, -0.25) is 0 Å². The molecule has 2 aromatic rings. The standard InChI is InChI=1S/C14H17NO3S/c1-15-10-7-13(19-8-10)9-5-11(16-2)14(18-4)12(6-9)17-3/h5-8,15H,1-4H3. The maximum absolute atomic E-state index is 5.36. The summed E-state index contributed by atoms with van der Waals surface area (Å²) in [5, 5.41) is 5.19. The average molecular weight is 279 g/mol. The largest absolute Gasteiger partial charge is 0.493 e. The van der Waals surface area contributed by atoms with Crippen molar-refractivity contribution in [3.05, 3.63) is 23.6 Å². The van der Waals surface area contributed by atoms with Crippen LogP contribution in [0.25, 0.3) is 10.4 Å². The van der Waals surface area contributed by atoms with Gasteiger partial charge in [-0.25, -0.2) is 0 Å². The molecule has 0 saturated heterocycles. The van der Waals surface area contributed by atoms with Gasteiger partial charge in [0.05, 0.1) is 21.3 Å². The first kappa shape index (κ1) is 13.5. The van der Waals surface area contributed by atoms with Crippen LogP contribution in [0, 0.1) is 0 Å². The van der Waals surface area contributed by atoms with Gasteiger partial charge < -0.3 is 19.5 Å². The summed E-state index contributed by atoms with van der Waals surface area (Å²) in [6, 6.07) is 5.99. The molecule has 0 radical (unpaired) electrons. The summed E-state index contributed by atoms with van der Waals surface area (Å²) < 4.78 is 16.0. The summed E-state index contributed by atoms with van der Waals surface area (Å²) in [5.74, 6) is 1.94. The highest BCUT2D eigenvalue weighted by molar-refractivity contribution is 7.14. The van der Waals surface area contributed by atoms with E-state index in [1.807, 2.05) is 19.2 Å². The van der Waals surface area contributed by atoms with Gasteiger partial charge in [-0.05, 0) is 23.8 Å². The van der Waals surface area contributed by atoms with Gasteiger partial charge in [0.25, 0.3) is 0 Å². The van der Waals surface area contributed by atoms with Crippen molar-refractivity contribution in [2.24, 2.45) is 0 Å². The van der Waals surface area contributed by atoms with Gasteiger partial charge >= 0.3 is 0 Å². The smallest absolute Gasteiger partial charge is 0.203 e. The molecule has 2 rings (SSSR count). The molecule has 0 fully saturated rings. The Morgan fingerprint density at radius 1 is 0.947 bits per heavy atom. The lowest BCUT2D eigenvalue weighted by molar-refractivity contribution is 0.324. The van der Waals surface area contributed by atoms with Gasteiger partial charge in [0.15, 0.2) is 11.5 Å². The molecule has 0 aliphatic rings. The third-order valence-electron chi connectivity index (χ3n) is 2.84. The van der Waals surface area contributed by atoms with Gasteiger partial charge in [-0.2, -0.15) is 0 Å². The van der Waals surface area contributed by atoms with E-state index in [2.05, 4.69) is 16.8 Å². The summed E-state index contributed by atoms with van der Waals surface area (Å²) in [7, 11) is 6.74. The minimum absolute atomic E-state index is 0.610. The van der Waals surface area contributed by atoms with E-state index in [1.165, 1.54) is 0 Å². The third-order valence-corrected chi connectivity index (χ3v) is 3.82. The normalized spacial score (nSPS) is 10.1. The Kier molecular flexibility index (Phi) is 4.16. The number of thiophene rings is 1. The third kappa shape index (κ3) is 2.61. The molecule has 1 N–H and O–H groups in total. The summed E-state index contributed by atoms with van der Waals surface area (Å²) in [6.45, 7) is 0. The SMILES string of the molecule is CNc1csc(-c2cc(OC)c(OC)c(OC)c2)c1. The van der Waals surface area contributed by atoms with Crippen LogP contribution in [0.15, 0.2) is 23.6 Å². The highest BCUT2D eigenvalue weighted by Crippen LogP contribution is 2.42. The number of ether oxygens (including phenoxy) is 3. The van der Waals surface area contributed by atoms with Crippen LogP contribution in [0.5, 0.6) is 17.2 Å². The molecule has 0 aliphatic carbocycles. The molecular formula is C14H17NO3S. The molecule has 1 aromatic heterocycles. The molecule has 19 heavy (non-hydrogen) atoms. The molecule has 4 nitrogen and oxygen atoms in total. The first-order valence-corrected chi connectivity index (χ1v) is 6.68. The lowest BCUT2D eigenvalue weighted by Gasteiger charge is -2.13. The monoisotopic (exact) mass is 279 g/mol. The maximum atomic E-state index is 5.36. The topological polar surface area (TPSA) is 39.7 Å². The second-order valence-electron chi connectivity index (χ2n) is 3.86. The van der Waals surface area contributed by atoms with Gasteiger partial charge in [0, 0.05) is 23.0 Å². The molecule has 0 bridgehead atoms. The number of anilines is 1. The number of methoxy groups -OCH3 is 3. The van der Waals surface area contributed by atoms with Gasteiger partial charge in [0.2, 0.25) is 5.75 Å². The fourth-order valence-corrected chi connectivity index (χ4v) is 2.73. The van der Waals surface area contributed by atoms with Gasteiger partial charge in [-0.15, -0.1) is 11.3 Å². The average Bonchev–Trinajstić information content (AvgIpc) is 2.94. The number of rotatable bonds is 5. The summed E-state index contributed by atoms with van der Waals surface area (Å²) >= 11 is 1.66. The van der Waals surface area contributed by atoms with Crippen molar-refractivity contribution >= 4 is 17.0 Å². The number of hydrogen-bond donors (Lipinski definition) is 1. The Labute approximate surface area is 116 Å². The predicted molar refractivity (Wildman–Crippen MR) is 79.0 cm³/mol. The molecule has 0 amide bonds. The van der Waals surface area contributed by atoms with Crippen molar-refractivity contribution in [2.45, 2.75) is 0 Å². The van der Waals surface area contributed by atoms with Gasteiger partial charge in [0.1, 0.15) is 0 Å². The van der Waals surface area contributed by atoms with Crippen molar-refractivity contribution in [3.63, 3.8) is 0 Å². The van der Waals surface area contributed by atoms with Crippen molar-refractivity contribution < 1.29 is 14.2 Å². The zero-order chi connectivity index (χ0) is 13.8. The molecule has 0 atom stereocenters. The zero-order valence-electron chi connectivity index (χ0n) is 11.4. The molecule has 0 spiro atoms. The Morgan fingerprint density at radius 2 is 1.58 bits per heavy atom. The Bertz CT molecular complexity index is 541. The number of nitrogens with one attached hydrogen (secondary N) is 1. The van der Waals surface area contributed by atoms with Gasteiger partial charge in [-0.1, -0.05) is 0 Å². The molecule has 0 unspecified atom stereocenters. The van der Waals surface area contributed by atoms with E-state index in [4.69, 9.17) is 14.2 Å². The quantitative estimate of drug-likeness (QED) is 0.909. The van der Waals surface area contributed by atoms with E-state index < -0.39 is 0 Å². The highest BCUT2D eigenvalue weighted by atomic mass is 32.1. The Hall–Kier alpha value is -1.88. The van der Waals surface area contributed by atoms with Crippen LogP contribution in [0.3, 0.4) is 0 Å². The summed E-state index contributed by atoms with van der Waals surface area (Å²) in [6.07, 6.45) is 0. The number of hydrogen-bond acceptors (Lipinski definition) is 5. The minimum Gasteiger partial charge on any atom is -0.493 e. The Morgan fingerprint density at radius 3 is 2.00 bits per heavy atom. The Balaban J connectivity index is 2.51. The number of benzene rings is 1. The van der Waals surface area contributed by atoms with Crippen LogP contribution in [0.4, 0.5) is 5.69 Å². The maximum Gasteiger partial charge on any atom is 0.203 e. The summed E-state index contributed by atoms with van der Waals surface area (Å²) in [4.78, 5) is 1.14. The van der Waals surface area contributed by atoms with E-state index in [9.17, 15) is 0 Å². The molecule has 1 heterocycles. The molecule has 5 heteroatoms. The zero-order valence-corrected chi connectivity index (χ0v) is 12.3. The van der Waals surface area contributed by atoms with Crippen LogP contribution in [-0.4, -0.2) is 28.4 Å². The van der Waals surface area contributed by atoms with Crippen LogP contribution in [0.1, 0.15) is 0 Å². The summed E-state index contributed by atoms with van der Waals surface area (Å²) in [5.41, 5.74) is 2.13. The molecule has 0 aliphatic heterocycles. The molecule has 102 valence electrons. The van der Waals surface area contributed by atoms with E-state index in [0.29, 0.717) is 17.2 Å².